The van der Waals surface area contributed by atoms with E-state index in [0.717, 1.165) is 11.1 Å². The molecule has 0 aliphatic heterocycles. The van der Waals surface area contributed by atoms with Gasteiger partial charge >= 0.3 is 0 Å². The van der Waals surface area contributed by atoms with Crippen LogP contribution in [0.3, 0.4) is 0 Å². The van der Waals surface area contributed by atoms with Gasteiger partial charge in [-0.15, -0.1) is 0 Å². The molecule has 0 radical (unpaired) electrons. The normalized spacial score (nSPS) is 11.5. The van der Waals surface area contributed by atoms with Crippen molar-refractivity contribution in [3.05, 3.63) is 53.3 Å². The quantitative estimate of drug-likeness (QED) is 0.873. The Bertz CT molecular complexity index is 709. The molecule has 0 saturated carbocycles. The number of nitrogen functional groups attached to an aromatic ring is 1. The lowest BCUT2D eigenvalue weighted by molar-refractivity contribution is 0.595. The number of aryl methyl sites for hydroxylation is 2. The summed E-state index contributed by atoms with van der Waals surface area (Å²) >= 11 is 0. The van der Waals surface area contributed by atoms with Crippen LogP contribution in [-0.2, 0) is 15.6 Å². The Kier molecular flexibility index (Phi) is 3.57. The second-order valence-electron chi connectivity index (χ2n) is 4.67. The first-order chi connectivity index (χ1) is 8.88. The summed E-state index contributed by atoms with van der Waals surface area (Å²) < 4.78 is 24.8. The zero-order valence-electron chi connectivity index (χ0n) is 10.9. The van der Waals surface area contributed by atoms with Gasteiger partial charge in [-0.1, -0.05) is 12.1 Å². The van der Waals surface area contributed by atoms with Gasteiger partial charge in [0.2, 0.25) is 0 Å². The molecule has 1 aromatic carbocycles. The molecule has 1 aromatic heterocycles. The van der Waals surface area contributed by atoms with E-state index >= 15 is 0 Å². The number of nitrogens with zero attached hydrogens (tertiary/aromatic N) is 1. The fourth-order valence-electron chi connectivity index (χ4n) is 1.90. The Balaban J connectivity index is 2.40. The first-order valence-electron chi connectivity index (χ1n) is 5.88. The lowest BCUT2D eigenvalue weighted by Crippen LogP contribution is -2.08. The maximum atomic E-state index is 12.4. The summed E-state index contributed by atoms with van der Waals surface area (Å²) in [6, 6.07) is 6.84. The van der Waals surface area contributed by atoms with Crippen molar-refractivity contribution in [1.82, 2.24) is 4.98 Å². The Morgan fingerprint density at radius 1 is 1.11 bits per heavy atom. The maximum absolute atomic E-state index is 12.4. The Hall–Kier alpha value is -1.88. The van der Waals surface area contributed by atoms with Gasteiger partial charge in [0, 0.05) is 12.4 Å². The van der Waals surface area contributed by atoms with E-state index in [1.807, 2.05) is 19.9 Å². The second-order valence-corrected chi connectivity index (χ2v) is 6.63. The number of anilines is 1. The number of pyridine rings is 1. The van der Waals surface area contributed by atoms with Crippen molar-refractivity contribution in [3.63, 3.8) is 0 Å². The highest BCUT2D eigenvalue weighted by atomic mass is 32.2. The van der Waals surface area contributed by atoms with Gasteiger partial charge in [-0.25, -0.2) is 8.42 Å². The summed E-state index contributed by atoms with van der Waals surface area (Å²) in [5.41, 5.74) is 8.52. The molecule has 0 atom stereocenters. The number of benzene rings is 1. The highest BCUT2D eigenvalue weighted by Crippen LogP contribution is 2.23. The average molecular weight is 276 g/mol. The molecule has 100 valence electrons. The van der Waals surface area contributed by atoms with Crippen molar-refractivity contribution < 1.29 is 8.42 Å². The highest BCUT2D eigenvalue weighted by Gasteiger charge is 2.18. The summed E-state index contributed by atoms with van der Waals surface area (Å²) in [6.07, 6.45) is 3.26. The van der Waals surface area contributed by atoms with E-state index in [4.69, 9.17) is 5.73 Å². The van der Waals surface area contributed by atoms with Crippen LogP contribution in [-0.4, -0.2) is 13.4 Å². The molecule has 0 aliphatic rings. The molecule has 4 nitrogen and oxygen atoms in total. The monoisotopic (exact) mass is 276 g/mol. The summed E-state index contributed by atoms with van der Waals surface area (Å²) in [5, 5.41) is 0. The van der Waals surface area contributed by atoms with Crippen LogP contribution in [0.15, 0.2) is 41.6 Å². The van der Waals surface area contributed by atoms with Crippen LogP contribution in [0.4, 0.5) is 5.69 Å². The first kappa shape index (κ1) is 13.5. The van der Waals surface area contributed by atoms with Gasteiger partial charge in [0.25, 0.3) is 0 Å². The predicted molar refractivity (Wildman–Crippen MR) is 75.5 cm³/mol. The van der Waals surface area contributed by atoms with Crippen LogP contribution in [0.5, 0.6) is 0 Å². The maximum Gasteiger partial charge on any atom is 0.184 e. The molecule has 0 unspecified atom stereocenters. The van der Waals surface area contributed by atoms with E-state index in [2.05, 4.69) is 4.98 Å². The van der Waals surface area contributed by atoms with Gasteiger partial charge in [-0.2, -0.15) is 0 Å². The van der Waals surface area contributed by atoms with Crippen molar-refractivity contribution in [2.75, 3.05) is 5.73 Å². The third-order valence-electron chi connectivity index (χ3n) is 2.79. The van der Waals surface area contributed by atoms with Crippen molar-refractivity contribution in [3.8, 4) is 0 Å². The zero-order chi connectivity index (χ0) is 14.0. The molecule has 5 heteroatoms. The van der Waals surface area contributed by atoms with E-state index in [9.17, 15) is 8.42 Å². The summed E-state index contributed by atoms with van der Waals surface area (Å²) in [5.74, 6) is -0.0880. The van der Waals surface area contributed by atoms with E-state index in [-0.39, 0.29) is 16.3 Å². The first-order valence-corrected chi connectivity index (χ1v) is 7.53. The fraction of sp³-hybridized carbons (Fsp3) is 0.214. The number of hydrogen-bond donors (Lipinski definition) is 1. The van der Waals surface area contributed by atoms with E-state index in [0.29, 0.717) is 5.56 Å². The third kappa shape index (κ3) is 3.12. The van der Waals surface area contributed by atoms with E-state index in [1.54, 1.807) is 30.6 Å². The van der Waals surface area contributed by atoms with E-state index in [1.165, 1.54) is 0 Å². The Morgan fingerprint density at radius 3 is 2.53 bits per heavy atom. The number of rotatable bonds is 3. The van der Waals surface area contributed by atoms with Crippen molar-refractivity contribution in [1.29, 1.82) is 0 Å². The summed E-state index contributed by atoms with van der Waals surface area (Å²) in [6.45, 7) is 3.72. The molecule has 0 spiro atoms. The van der Waals surface area contributed by atoms with E-state index < -0.39 is 9.84 Å². The fourth-order valence-corrected chi connectivity index (χ4v) is 3.45. The van der Waals surface area contributed by atoms with Gasteiger partial charge in [0.15, 0.2) is 9.84 Å². The van der Waals surface area contributed by atoms with Crippen molar-refractivity contribution >= 4 is 15.5 Å². The number of hydrogen-bond acceptors (Lipinski definition) is 4. The minimum atomic E-state index is -3.45. The predicted octanol–water partition coefficient (Wildman–Crippen LogP) is 2.25. The molecule has 0 aliphatic carbocycles. The lowest BCUT2D eigenvalue weighted by Gasteiger charge is -2.08. The Labute approximate surface area is 113 Å². The minimum Gasteiger partial charge on any atom is -0.398 e. The molecule has 0 fully saturated rings. The number of nitrogens with two attached hydrogens (primary N) is 1. The average Bonchev–Trinajstić information content (AvgIpc) is 2.31. The molecule has 2 rings (SSSR count). The van der Waals surface area contributed by atoms with Crippen LogP contribution >= 0.6 is 0 Å². The van der Waals surface area contributed by atoms with Gasteiger partial charge in [-0.3, -0.25) is 4.98 Å². The molecule has 2 N–H and O–H groups in total. The van der Waals surface area contributed by atoms with Crippen LogP contribution < -0.4 is 5.73 Å². The summed E-state index contributed by atoms with van der Waals surface area (Å²) in [7, 11) is -3.45. The lowest BCUT2D eigenvalue weighted by atomic mass is 10.2. The van der Waals surface area contributed by atoms with Gasteiger partial charge in [-0.05, 0) is 42.7 Å². The number of aromatic nitrogens is 1. The molecule has 2 aromatic rings. The van der Waals surface area contributed by atoms with Crippen LogP contribution in [0.25, 0.3) is 0 Å². The van der Waals surface area contributed by atoms with Crippen LogP contribution in [0, 0.1) is 13.8 Å². The molecular weight excluding hydrogens is 260 g/mol. The summed E-state index contributed by atoms with van der Waals surface area (Å²) in [4.78, 5) is 4.20. The minimum absolute atomic E-state index is 0.0880. The third-order valence-corrected chi connectivity index (χ3v) is 4.53. The molecular formula is C14H16N2O2S. The standard InChI is InChI=1S/C14H16N2O2S/c1-10-3-4-13(15)14(6-10)19(17,18)9-12-5-11(2)7-16-8-12/h3-8H,9,15H2,1-2H3. The zero-order valence-corrected chi connectivity index (χ0v) is 11.7. The van der Waals surface area contributed by atoms with Gasteiger partial charge < -0.3 is 5.73 Å². The highest BCUT2D eigenvalue weighted by molar-refractivity contribution is 7.90. The van der Waals surface area contributed by atoms with Crippen molar-refractivity contribution in [2.24, 2.45) is 0 Å². The molecule has 19 heavy (non-hydrogen) atoms. The van der Waals surface area contributed by atoms with Gasteiger partial charge in [0.1, 0.15) is 0 Å². The topological polar surface area (TPSA) is 73.0 Å². The smallest absolute Gasteiger partial charge is 0.184 e. The largest absolute Gasteiger partial charge is 0.398 e. The number of sulfone groups is 1. The van der Waals surface area contributed by atoms with Crippen LogP contribution in [0.2, 0.25) is 0 Å². The molecule has 0 bridgehead atoms. The molecule has 0 amide bonds. The van der Waals surface area contributed by atoms with Crippen molar-refractivity contribution in [2.45, 2.75) is 24.5 Å². The Morgan fingerprint density at radius 2 is 1.84 bits per heavy atom. The van der Waals surface area contributed by atoms with Gasteiger partial charge in [0.05, 0.1) is 16.3 Å². The molecule has 0 saturated heterocycles. The van der Waals surface area contributed by atoms with Crippen LogP contribution in [0.1, 0.15) is 16.7 Å². The second kappa shape index (κ2) is 5.01. The SMILES string of the molecule is Cc1cncc(CS(=O)(=O)c2cc(C)ccc2N)c1. The molecule has 1 heterocycles.